The summed E-state index contributed by atoms with van der Waals surface area (Å²) in [5.74, 6) is 1.33. The second-order valence-corrected chi connectivity index (χ2v) is 9.60. The van der Waals surface area contributed by atoms with Gasteiger partial charge in [-0.15, -0.1) is 10.2 Å². The number of fused-ring (bicyclic) bond motifs is 1. The molecule has 0 atom stereocenters. The van der Waals surface area contributed by atoms with Crippen molar-refractivity contribution in [3.05, 3.63) is 57.0 Å². The maximum Gasteiger partial charge on any atom is 0.275 e. The molecule has 1 fully saturated rings. The number of aromatic nitrogens is 6. The van der Waals surface area contributed by atoms with Crippen LogP contribution in [-0.2, 0) is 23.3 Å². The van der Waals surface area contributed by atoms with Gasteiger partial charge in [0.15, 0.2) is 5.16 Å². The van der Waals surface area contributed by atoms with Crippen LogP contribution < -0.4 is 10.5 Å². The van der Waals surface area contributed by atoms with Crippen molar-refractivity contribution in [2.75, 3.05) is 31.2 Å². The number of morpholine rings is 1. The number of nitrogens with zero attached hydrogens (tertiary/aromatic N) is 7. The van der Waals surface area contributed by atoms with Crippen LogP contribution in [-0.4, -0.2) is 55.7 Å². The summed E-state index contributed by atoms with van der Waals surface area (Å²) in [7, 11) is 0. The van der Waals surface area contributed by atoms with Gasteiger partial charge in [-0.3, -0.25) is 9.36 Å². The third-order valence-corrected chi connectivity index (χ3v) is 7.53. The molecule has 172 valence electrons. The number of rotatable bonds is 7. The van der Waals surface area contributed by atoms with Crippen LogP contribution in [0.25, 0.3) is 10.6 Å². The molecule has 11 heteroatoms. The van der Waals surface area contributed by atoms with Gasteiger partial charge in [-0.2, -0.15) is 9.61 Å². The molecule has 1 aliphatic heterocycles. The van der Waals surface area contributed by atoms with E-state index in [1.165, 1.54) is 33.2 Å². The van der Waals surface area contributed by atoms with Crippen molar-refractivity contribution in [3.63, 3.8) is 0 Å². The Morgan fingerprint density at radius 2 is 1.94 bits per heavy atom. The summed E-state index contributed by atoms with van der Waals surface area (Å²) in [6.07, 6.45) is 1.68. The zero-order chi connectivity index (χ0) is 22.8. The average molecular weight is 484 g/mol. The summed E-state index contributed by atoms with van der Waals surface area (Å²) in [4.78, 5) is 20.0. The minimum absolute atomic E-state index is 0.154. The predicted octanol–water partition coefficient (Wildman–Crippen LogP) is 2.99. The molecule has 9 nitrogen and oxygen atoms in total. The number of aryl methyl sites for hydroxylation is 2. The Labute approximate surface area is 199 Å². The number of hydrogen-bond acceptors (Lipinski definition) is 9. The SMILES string of the molecule is CCc1nn2c(=O)cc(CSc3nnc(N4CCOCC4)n3-c3ccccc3CC)nc2s1. The van der Waals surface area contributed by atoms with E-state index in [0.29, 0.717) is 29.6 Å². The lowest BCUT2D eigenvalue weighted by molar-refractivity contribution is 0.122. The molecule has 1 saturated heterocycles. The third kappa shape index (κ3) is 4.40. The molecular weight excluding hydrogens is 458 g/mol. The maximum atomic E-state index is 12.5. The van der Waals surface area contributed by atoms with Crippen LogP contribution in [0.3, 0.4) is 0 Å². The van der Waals surface area contributed by atoms with Crippen LogP contribution >= 0.6 is 23.1 Å². The van der Waals surface area contributed by atoms with Crippen molar-refractivity contribution in [2.24, 2.45) is 0 Å². The van der Waals surface area contributed by atoms with Crippen LogP contribution in [0.1, 0.15) is 30.1 Å². The quantitative estimate of drug-likeness (QED) is 0.371. The summed E-state index contributed by atoms with van der Waals surface area (Å²) in [5.41, 5.74) is 2.86. The first-order valence-electron chi connectivity index (χ1n) is 11.1. The van der Waals surface area contributed by atoms with Gasteiger partial charge in [-0.05, 0) is 24.5 Å². The largest absolute Gasteiger partial charge is 0.378 e. The number of ether oxygens (including phenoxy) is 1. The first kappa shape index (κ1) is 22.1. The molecule has 4 aromatic rings. The molecule has 5 rings (SSSR count). The molecule has 0 saturated carbocycles. The van der Waals surface area contributed by atoms with Crippen molar-refractivity contribution < 1.29 is 4.74 Å². The number of para-hydroxylation sites is 1. The molecule has 3 aromatic heterocycles. The molecule has 0 unspecified atom stereocenters. The Kier molecular flexibility index (Phi) is 6.43. The highest BCUT2D eigenvalue weighted by molar-refractivity contribution is 7.98. The summed E-state index contributed by atoms with van der Waals surface area (Å²) >= 11 is 2.99. The van der Waals surface area contributed by atoms with Crippen molar-refractivity contribution in [3.8, 4) is 5.69 Å². The van der Waals surface area contributed by atoms with E-state index < -0.39 is 0 Å². The normalized spacial score (nSPS) is 14.3. The van der Waals surface area contributed by atoms with Gasteiger partial charge >= 0.3 is 0 Å². The molecule has 0 bridgehead atoms. The van der Waals surface area contributed by atoms with Crippen molar-refractivity contribution in [1.29, 1.82) is 0 Å². The molecule has 0 spiro atoms. The van der Waals surface area contributed by atoms with Gasteiger partial charge in [0, 0.05) is 24.9 Å². The highest BCUT2D eigenvalue weighted by Gasteiger charge is 2.23. The summed E-state index contributed by atoms with van der Waals surface area (Å²) < 4.78 is 9.04. The minimum atomic E-state index is -0.154. The van der Waals surface area contributed by atoms with Crippen LogP contribution in [0.5, 0.6) is 0 Å². The van der Waals surface area contributed by atoms with Gasteiger partial charge in [0.05, 0.1) is 24.6 Å². The molecular formula is C22H25N7O2S2. The number of benzene rings is 1. The molecule has 0 N–H and O–H groups in total. The Morgan fingerprint density at radius 3 is 2.73 bits per heavy atom. The number of thioether (sulfide) groups is 1. The van der Waals surface area contributed by atoms with E-state index in [0.717, 1.165) is 47.7 Å². The highest BCUT2D eigenvalue weighted by atomic mass is 32.2. The second-order valence-electron chi connectivity index (χ2n) is 7.62. The lowest BCUT2D eigenvalue weighted by Crippen LogP contribution is -2.38. The third-order valence-electron chi connectivity index (χ3n) is 5.52. The Balaban J connectivity index is 1.50. The fourth-order valence-corrected chi connectivity index (χ4v) is 5.50. The van der Waals surface area contributed by atoms with E-state index in [9.17, 15) is 4.79 Å². The summed E-state index contributed by atoms with van der Waals surface area (Å²) in [6, 6.07) is 9.90. The zero-order valence-corrected chi connectivity index (χ0v) is 20.2. The van der Waals surface area contributed by atoms with E-state index in [2.05, 4.69) is 54.9 Å². The van der Waals surface area contributed by atoms with Crippen LogP contribution in [0.2, 0.25) is 0 Å². The smallest absolute Gasteiger partial charge is 0.275 e. The van der Waals surface area contributed by atoms with Crippen molar-refractivity contribution >= 4 is 34.0 Å². The Bertz CT molecular complexity index is 1320. The predicted molar refractivity (Wildman–Crippen MR) is 130 cm³/mol. The molecule has 1 aromatic carbocycles. The Hall–Kier alpha value is -2.76. The maximum absolute atomic E-state index is 12.5. The van der Waals surface area contributed by atoms with Crippen molar-refractivity contribution in [2.45, 2.75) is 37.6 Å². The van der Waals surface area contributed by atoms with E-state index in [1.807, 2.05) is 13.0 Å². The van der Waals surface area contributed by atoms with Gasteiger partial charge in [0.25, 0.3) is 5.56 Å². The van der Waals surface area contributed by atoms with Gasteiger partial charge in [0.1, 0.15) is 5.01 Å². The molecule has 4 heterocycles. The fraction of sp³-hybridized carbons (Fsp3) is 0.409. The number of hydrogen-bond donors (Lipinski definition) is 0. The number of anilines is 1. The molecule has 0 radical (unpaired) electrons. The van der Waals surface area contributed by atoms with Gasteiger partial charge in [-0.25, -0.2) is 4.98 Å². The lowest BCUT2D eigenvalue weighted by Gasteiger charge is -2.28. The van der Waals surface area contributed by atoms with E-state index in [1.54, 1.807) is 6.07 Å². The minimum Gasteiger partial charge on any atom is -0.378 e. The molecule has 0 amide bonds. The molecule has 33 heavy (non-hydrogen) atoms. The van der Waals surface area contributed by atoms with Gasteiger partial charge in [-0.1, -0.05) is 55.1 Å². The topological polar surface area (TPSA) is 90.4 Å². The Morgan fingerprint density at radius 1 is 1.12 bits per heavy atom. The van der Waals surface area contributed by atoms with Crippen LogP contribution in [0.4, 0.5) is 5.95 Å². The first-order chi connectivity index (χ1) is 16.2. The van der Waals surface area contributed by atoms with Gasteiger partial charge < -0.3 is 9.64 Å². The monoisotopic (exact) mass is 483 g/mol. The average Bonchev–Trinajstić information content (AvgIpc) is 3.47. The lowest BCUT2D eigenvalue weighted by atomic mass is 10.1. The zero-order valence-electron chi connectivity index (χ0n) is 18.6. The fourth-order valence-electron chi connectivity index (χ4n) is 3.81. The first-order valence-corrected chi connectivity index (χ1v) is 12.9. The van der Waals surface area contributed by atoms with Gasteiger partial charge in [0.2, 0.25) is 10.9 Å². The second kappa shape index (κ2) is 9.62. The highest BCUT2D eigenvalue weighted by Crippen LogP contribution is 2.30. The van der Waals surface area contributed by atoms with E-state index >= 15 is 0 Å². The molecule has 1 aliphatic rings. The van der Waals surface area contributed by atoms with E-state index in [-0.39, 0.29) is 5.56 Å². The van der Waals surface area contributed by atoms with Crippen LogP contribution in [0.15, 0.2) is 40.3 Å². The van der Waals surface area contributed by atoms with Crippen LogP contribution in [0, 0.1) is 0 Å². The molecule has 0 aliphatic carbocycles. The van der Waals surface area contributed by atoms with Crippen molar-refractivity contribution in [1.82, 2.24) is 29.4 Å². The summed E-state index contributed by atoms with van der Waals surface area (Å²) in [6.45, 7) is 7.07. The standard InChI is InChI=1S/C22H25N7O2S2/c1-3-15-7-5-6-8-17(15)28-20(27-9-11-31-12-10-27)24-25-22(28)32-14-16-13-19(30)29-21(23-16)33-18(4-2)26-29/h5-8,13H,3-4,9-12,14H2,1-2H3. The summed E-state index contributed by atoms with van der Waals surface area (Å²) in [5, 5.41) is 15.1. The van der Waals surface area contributed by atoms with E-state index in [4.69, 9.17) is 4.74 Å².